The number of halogens is 11. The normalized spacial score (nSPS) is 1.97. The molecule has 0 rings (SSSR count). The van der Waals surface area contributed by atoms with Crippen molar-refractivity contribution in [2.45, 2.75) is 44.6 Å². The summed E-state index contributed by atoms with van der Waals surface area (Å²) in [7, 11) is 0. The molecule has 0 aromatic rings. The van der Waals surface area contributed by atoms with Crippen molar-refractivity contribution in [3.8, 4) is 0 Å². The predicted molar refractivity (Wildman–Crippen MR) is 291 cm³/mol. The Hall–Kier alpha value is 20.0. The molecule has 0 unspecified atom stereocenters. The Morgan fingerprint density at radius 2 is 0.278 bits per heavy atom. The van der Waals surface area contributed by atoms with Crippen molar-refractivity contribution in [1.82, 2.24) is 0 Å². The van der Waals surface area contributed by atoms with Crippen molar-refractivity contribution in [2.75, 3.05) is 0 Å². The summed E-state index contributed by atoms with van der Waals surface area (Å²) in [5.41, 5.74) is 0. The van der Waals surface area contributed by atoms with E-state index in [1.165, 1.54) is 0 Å². The van der Waals surface area contributed by atoms with E-state index >= 15 is 0 Å². The van der Waals surface area contributed by atoms with Crippen molar-refractivity contribution in [1.29, 1.82) is 0 Å². The number of hydrogen-bond donors (Lipinski definition) is 0. The van der Waals surface area contributed by atoms with Gasteiger partial charge in [0.15, 0.2) is 0 Å². The van der Waals surface area contributed by atoms with Crippen molar-refractivity contribution >= 4 is 376 Å². The minimum atomic E-state index is -0.718. The zero-order valence-electron chi connectivity index (χ0n) is 17.6. The Morgan fingerprint density at radius 3 is 0.278 bits per heavy atom. The molecule has 0 fully saturated rings. The van der Waals surface area contributed by atoms with Gasteiger partial charge in [-0.15, -0.1) is 0 Å². The molecule has 0 bridgehead atoms. The fraction of sp³-hybridized carbons (Fsp3) is 1.00. The molecule has 0 amide bonds. The summed E-state index contributed by atoms with van der Waals surface area (Å²) in [6, 6.07) is 0. The standard InChI is InChI=1S/6CH4.4Ac.11Ga.11HI.4N.14H/h6*1H4;;;;;;;;;;;;;;;;11*1H;;;;;;;;;;;;;;;;;;/q;;;;;;;;;;11*+1;;;;;;;;;;;;4*-1;;;;;;;;;;;;;;/p-11. The molecule has 0 aromatic heterocycles. The molecule has 0 aliphatic heterocycles. The van der Waals surface area contributed by atoms with Crippen LogP contribution in [0.3, 0.4) is 0 Å². The van der Waals surface area contributed by atoms with Crippen molar-refractivity contribution in [3.63, 3.8) is 0 Å². The summed E-state index contributed by atoms with van der Waals surface area (Å²) in [4.78, 5) is 0. The Labute approximate surface area is 591 Å². The Kier molecular flexibility index (Phi) is 1070. The van der Waals surface area contributed by atoms with Gasteiger partial charge in [-0.25, -0.2) is 0 Å². The topological polar surface area (TPSA) is 89.2 Å². The fourth-order valence-corrected chi connectivity index (χ4v) is 0. The summed E-state index contributed by atoms with van der Waals surface area (Å²) >= 11 is 28.7. The first kappa shape index (κ1) is 138. The molecule has 0 saturated heterocycles. The van der Waals surface area contributed by atoms with E-state index in [1.54, 1.807) is 0 Å². The van der Waals surface area contributed by atoms with Gasteiger partial charge in [-0.05, 0) is 0 Å². The van der Waals surface area contributed by atoms with Crippen LogP contribution in [0.15, 0.2) is 0 Å². The minimum absolute atomic E-state index is 0. The average Bonchev–Trinajstić information content (AvgIpc) is 2.75. The van der Waals surface area contributed by atoms with Gasteiger partial charge in [-0.3, -0.25) is 0 Å². The molecule has 30 heteroatoms. The maximum atomic E-state index is 7.71. The Balaban J connectivity index is -0.00000000354. The monoisotopic (exact) mass is 3230 g/mol. The number of hydrogen-bond acceptors (Lipinski definition) is 0. The van der Waals surface area contributed by atoms with Gasteiger partial charge in [0, 0.05) is 176 Å². The Bertz CT molecular complexity index is 133. The van der Waals surface area contributed by atoms with Crippen LogP contribution in [-0.4, -0.2) is 160 Å². The van der Waals surface area contributed by atoms with Crippen molar-refractivity contribution < 1.29 is 176 Å². The van der Waals surface area contributed by atoms with Gasteiger partial charge in [-0.2, -0.15) is 0 Å². The third-order valence-electron chi connectivity index (χ3n) is 0. The zero-order chi connectivity index (χ0) is 24.8. The van der Waals surface area contributed by atoms with Gasteiger partial charge >= 0.3 is 393 Å². The number of rotatable bonds is 0. The van der Waals surface area contributed by atoms with Crippen LogP contribution in [0.4, 0.5) is 0 Å². The SMILES string of the molecule is C.C.C.C.C.C.[Ac].[Ac].[Ac].[Ac].[GaH2][I].[GaH2][I].[GaH2][I].[GaH2][I].[GaH2][I].[GaH2][I].[GaH2][I].[N-]=[Ga][I].[N-]=[Ga][I].[N-]=[Ga][I].[N-]=[Ga][I]. The molecule has 4 radical (unpaired) electrons. The second kappa shape index (κ2) is 278. The summed E-state index contributed by atoms with van der Waals surface area (Å²) in [5, 5.41) is 0. The zero-order valence-corrected chi connectivity index (χ0v) is 99.3. The average molecular weight is 3240 g/mol. The van der Waals surface area contributed by atoms with Crippen LogP contribution in [0.1, 0.15) is 44.6 Å². The van der Waals surface area contributed by atoms with E-state index in [9.17, 15) is 0 Å². The molecule has 0 atom stereocenters. The molecular formula is C6H38Ac4Ga11I11N4-4. The molecule has 0 saturated carbocycles. The first-order valence-corrected chi connectivity index (χ1v) is 128. The molecule has 0 N–H and O–H groups in total. The molecule has 208 valence electrons. The van der Waals surface area contributed by atoms with Crippen LogP contribution >= 0.6 is 216 Å². The van der Waals surface area contributed by atoms with Gasteiger partial charge in [0.1, 0.15) is 0 Å². The van der Waals surface area contributed by atoms with Gasteiger partial charge in [-0.1, -0.05) is 44.6 Å². The van der Waals surface area contributed by atoms with E-state index in [1.807, 2.05) is 78.7 Å². The third-order valence-corrected chi connectivity index (χ3v) is 0. The van der Waals surface area contributed by atoms with Crippen LogP contribution < -0.4 is 0 Å². The van der Waals surface area contributed by atoms with Gasteiger partial charge in [0.05, 0.1) is 0 Å². The quantitative estimate of drug-likeness (QED) is 0.190. The van der Waals surface area contributed by atoms with Crippen molar-refractivity contribution in [3.05, 3.63) is 16.3 Å². The molecule has 4 nitrogen and oxygen atoms in total. The van der Waals surface area contributed by atoms with Gasteiger partial charge < -0.3 is 0 Å². The third kappa shape index (κ3) is 379. The van der Waals surface area contributed by atoms with E-state index in [4.69, 9.17) is 16.3 Å². The van der Waals surface area contributed by atoms with E-state index in [0.29, 0.717) is 0 Å². The van der Waals surface area contributed by atoms with Crippen LogP contribution in [0, 0.1) is 176 Å². The van der Waals surface area contributed by atoms with Crippen LogP contribution in [0.25, 0.3) is 16.3 Å². The molecule has 0 aliphatic carbocycles. The van der Waals surface area contributed by atoms with E-state index in [2.05, 4.69) is 138 Å². The van der Waals surface area contributed by atoms with E-state index in [-0.39, 0.29) is 221 Å². The summed E-state index contributed by atoms with van der Waals surface area (Å²) in [6.07, 6.45) is 0. The number of nitrogens with zero attached hydrogens (tertiary/aromatic N) is 4. The first-order chi connectivity index (χ1) is 12.7. The molecular weight excluding hydrogens is 3200 g/mol. The summed E-state index contributed by atoms with van der Waals surface area (Å²) in [6.45, 7) is 0. The maximum absolute atomic E-state index is 7.71. The van der Waals surface area contributed by atoms with Gasteiger partial charge in [0.25, 0.3) is 0 Å². The van der Waals surface area contributed by atoms with Crippen molar-refractivity contribution in [2.24, 2.45) is 0 Å². The van der Waals surface area contributed by atoms with E-state index < -0.39 is 54.7 Å². The molecule has 0 heterocycles. The molecule has 0 aliphatic rings. The van der Waals surface area contributed by atoms with Gasteiger partial charge in [0.2, 0.25) is 0 Å². The molecule has 0 spiro atoms. The first-order valence-electron chi connectivity index (χ1n) is 4.55. The summed E-state index contributed by atoms with van der Waals surface area (Å²) < 4.78 is 30.8. The predicted octanol–water partition coefficient (Wildman–Crippen LogP) is 6.78. The molecule has 0 aromatic carbocycles. The molecule has 36 heavy (non-hydrogen) atoms. The second-order valence-electron chi connectivity index (χ2n) is 0.390. The van der Waals surface area contributed by atoms with Crippen LogP contribution in [-0.2, 0) is 0 Å². The van der Waals surface area contributed by atoms with E-state index in [0.717, 1.165) is 105 Å². The summed E-state index contributed by atoms with van der Waals surface area (Å²) in [5.74, 6) is 0. The van der Waals surface area contributed by atoms with Crippen LogP contribution in [0.2, 0.25) is 0 Å². The Morgan fingerprint density at radius 1 is 0.278 bits per heavy atom. The van der Waals surface area contributed by atoms with Crippen LogP contribution in [0.5, 0.6) is 0 Å². The fourth-order valence-electron chi connectivity index (χ4n) is 0. The second-order valence-corrected chi connectivity index (χ2v) is 13.6.